The van der Waals surface area contributed by atoms with E-state index in [9.17, 15) is 53.1 Å². The van der Waals surface area contributed by atoms with Gasteiger partial charge in [0, 0.05) is 38.2 Å². The van der Waals surface area contributed by atoms with Crippen LogP contribution in [0.15, 0.2) is 53.4 Å². The molecule has 0 aliphatic carbocycles. The van der Waals surface area contributed by atoms with E-state index in [0.717, 1.165) is 41.3 Å². The molecule has 0 radical (unpaired) electrons. The van der Waals surface area contributed by atoms with Gasteiger partial charge in [0.2, 0.25) is 26.1 Å². The number of alkyl halides is 8. The van der Waals surface area contributed by atoms with Gasteiger partial charge in [0.1, 0.15) is 11.8 Å². The van der Waals surface area contributed by atoms with Crippen molar-refractivity contribution in [1.29, 1.82) is 0 Å². The zero-order valence-corrected chi connectivity index (χ0v) is 25.5. The number of aromatic nitrogens is 2. The number of urea groups is 1. The Hall–Kier alpha value is -4.11. The zero-order chi connectivity index (χ0) is 34.8. The van der Waals surface area contributed by atoms with Gasteiger partial charge in [-0.2, -0.15) is 17.5 Å². The first kappa shape index (κ1) is 35.7. The summed E-state index contributed by atoms with van der Waals surface area (Å²) in [7, 11) is -4.60. The lowest BCUT2D eigenvalue weighted by Gasteiger charge is -2.39. The summed E-state index contributed by atoms with van der Waals surface area (Å²) in [5.41, 5.74) is 0.108. The summed E-state index contributed by atoms with van der Waals surface area (Å²) in [6, 6.07) is 5.48. The van der Waals surface area contributed by atoms with Crippen LogP contribution < -0.4 is 15.4 Å². The Bertz CT molecular complexity index is 1680. The first-order valence-electron chi connectivity index (χ1n) is 13.4. The fraction of sp³-hybridized carbons (Fsp3) is 0.385. The highest BCUT2D eigenvalue weighted by Gasteiger charge is 2.42. The minimum absolute atomic E-state index is 0.0363. The number of hydrogen-bond donors (Lipinski definition) is 2. The van der Waals surface area contributed by atoms with Crippen LogP contribution in [-0.2, 0) is 33.5 Å². The molecule has 1 aromatic heterocycles. The van der Waals surface area contributed by atoms with Crippen molar-refractivity contribution in [2.75, 3.05) is 25.0 Å². The number of anilines is 1. The molecule has 1 saturated heterocycles. The predicted molar refractivity (Wildman–Crippen MR) is 149 cm³/mol. The number of sulfonamides is 1. The molecular weight excluding hydrogens is 692 g/mol. The summed E-state index contributed by atoms with van der Waals surface area (Å²) < 4.78 is 136. The summed E-state index contributed by atoms with van der Waals surface area (Å²) in [6.07, 6.45) is -10.3. The molecule has 1 atom stereocenters. The highest BCUT2D eigenvalue weighted by molar-refractivity contribution is 7.89. The maximum Gasteiger partial charge on any atom is 0.573 e. The standard InChI is InChI=1S/C26H24F8N6O5S2/c1-2-24(27,28)16-5-3-15(4-6-16)13-35-20(41)19-14-39(23(42)36-22-38-37-21(46-22)25(29,30)31)11-12-40(19)47(43,44)18-9-7-17(8-10-18)45-26(32,33)34/h3-10,19H,2,11-14H2,1H3,(H,35,41)(H,36,38,42)/t19-/m1/s1. The van der Waals surface area contributed by atoms with E-state index in [1.165, 1.54) is 19.1 Å². The van der Waals surface area contributed by atoms with Crippen molar-refractivity contribution < 1.29 is 57.9 Å². The average molecular weight is 717 g/mol. The normalized spacial score (nSPS) is 16.5. The Morgan fingerprint density at radius 2 is 1.60 bits per heavy atom. The summed E-state index contributed by atoms with van der Waals surface area (Å²) in [5.74, 6) is -4.73. The fourth-order valence-corrected chi connectivity index (χ4v) is 6.51. The Balaban J connectivity index is 1.55. The third-order valence-corrected chi connectivity index (χ3v) is 9.56. The Morgan fingerprint density at radius 1 is 0.957 bits per heavy atom. The van der Waals surface area contributed by atoms with E-state index in [1.807, 2.05) is 0 Å². The number of hydrogen-bond acceptors (Lipinski definition) is 8. The van der Waals surface area contributed by atoms with Gasteiger partial charge < -0.3 is 15.0 Å². The highest BCUT2D eigenvalue weighted by Crippen LogP contribution is 2.34. The van der Waals surface area contributed by atoms with Crippen LogP contribution in [0.3, 0.4) is 0 Å². The van der Waals surface area contributed by atoms with E-state index >= 15 is 0 Å². The van der Waals surface area contributed by atoms with Crippen LogP contribution >= 0.6 is 11.3 Å². The second-order valence-corrected chi connectivity index (χ2v) is 12.8. The molecule has 2 heterocycles. The van der Waals surface area contributed by atoms with E-state index in [4.69, 9.17) is 0 Å². The van der Waals surface area contributed by atoms with Crippen LogP contribution in [0.4, 0.5) is 45.0 Å². The van der Waals surface area contributed by atoms with Crippen LogP contribution in [0, 0.1) is 0 Å². The van der Waals surface area contributed by atoms with Gasteiger partial charge in [-0.1, -0.05) is 42.5 Å². The molecule has 0 spiro atoms. The molecule has 0 saturated carbocycles. The monoisotopic (exact) mass is 716 g/mol. The molecule has 256 valence electrons. The van der Waals surface area contributed by atoms with Crippen LogP contribution in [0.5, 0.6) is 5.75 Å². The van der Waals surface area contributed by atoms with Crippen molar-refractivity contribution in [2.24, 2.45) is 0 Å². The molecule has 21 heteroatoms. The van der Waals surface area contributed by atoms with Crippen molar-refractivity contribution in [1.82, 2.24) is 24.7 Å². The Kier molecular flexibility index (Phi) is 10.3. The number of rotatable bonds is 9. The molecule has 2 aromatic carbocycles. The van der Waals surface area contributed by atoms with E-state index in [0.29, 0.717) is 9.87 Å². The van der Waals surface area contributed by atoms with Gasteiger partial charge in [-0.25, -0.2) is 22.0 Å². The lowest BCUT2D eigenvalue weighted by atomic mass is 10.0. The van der Waals surface area contributed by atoms with Crippen molar-refractivity contribution in [3.05, 3.63) is 64.7 Å². The average Bonchev–Trinajstić information content (AvgIpc) is 3.48. The van der Waals surface area contributed by atoms with Gasteiger partial charge in [-0.3, -0.25) is 10.1 Å². The first-order valence-corrected chi connectivity index (χ1v) is 15.6. The lowest BCUT2D eigenvalue weighted by molar-refractivity contribution is -0.274. The molecule has 2 N–H and O–H groups in total. The molecule has 1 aliphatic rings. The molecule has 0 unspecified atom stereocenters. The second-order valence-electron chi connectivity index (χ2n) is 9.91. The van der Waals surface area contributed by atoms with Crippen molar-refractivity contribution in [3.63, 3.8) is 0 Å². The number of carbonyl (C=O) groups is 2. The topological polar surface area (TPSA) is 134 Å². The highest BCUT2D eigenvalue weighted by atomic mass is 32.2. The van der Waals surface area contributed by atoms with Crippen molar-refractivity contribution in [3.8, 4) is 5.75 Å². The summed E-state index contributed by atoms with van der Waals surface area (Å²) >= 11 is 0.0363. The largest absolute Gasteiger partial charge is 0.573 e. The Morgan fingerprint density at radius 3 is 2.15 bits per heavy atom. The predicted octanol–water partition coefficient (Wildman–Crippen LogP) is 5.18. The van der Waals surface area contributed by atoms with Gasteiger partial charge in [-0.05, 0) is 29.8 Å². The number of benzene rings is 2. The quantitative estimate of drug-likeness (QED) is 0.292. The molecule has 47 heavy (non-hydrogen) atoms. The molecule has 3 aromatic rings. The third-order valence-electron chi connectivity index (χ3n) is 6.75. The number of ether oxygens (including phenoxy) is 1. The number of nitrogens with one attached hydrogen (secondary N) is 2. The molecule has 1 fully saturated rings. The SMILES string of the molecule is CCC(F)(F)c1ccc(CNC(=O)[C@H]2CN(C(=O)Nc3nnc(C(F)(F)F)s3)CCN2S(=O)(=O)c2ccc(OC(F)(F)F)cc2)cc1. The summed E-state index contributed by atoms with van der Waals surface area (Å²) in [4.78, 5) is 26.7. The van der Waals surface area contributed by atoms with Crippen LogP contribution in [0.25, 0.3) is 0 Å². The number of carbonyl (C=O) groups excluding carboxylic acids is 2. The van der Waals surface area contributed by atoms with Crippen LogP contribution in [0.1, 0.15) is 29.5 Å². The number of amides is 3. The maximum atomic E-state index is 14.0. The van der Waals surface area contributed by atoms with E-state index in [1.54, 1.807) is 0 Å². The second kappa shape index (κ2) is 13.6. The van der Waals surface area contributed by atoms with E-state index in [2.05, 4.69) is 25.6 Å². The van der Waals surface area contributed by atoms with Gasteiger partial charge in [-0.15, -0.1) is 23.4 Å². The first-order chi connectivity index (χ1) is 21.8. The number of piperazine rings is 1. The van der Waals surface area contributed by atoms with Crippen LogP contribution in [0.2, 0.25) is 0 Å². The molecule has 3 amide bonds. The maximum absolute atomic E-state index is 14.0. The van der Waals surface area contributed by atoms with Crippen molar-refractivity contribution in [2.45, 2.75) is 49.3 Å². The van der Waals surface area contributed by atoms with E-state index in [-0.39, 0.29) is 30.0 Å². The number of halogens is 8. The molecule has 1 aliphatic heterocycles. The Labute approximate surface area is 265 Å². The lowest BCUT2D eigenvalue weighted by Crippen LogP contribution is -2.61. The van der Waals surface area contributed by atoms with E-state index < -0.39 is 86.8 Å². The van der Waals surface area contributed by atoms with Gasteiger partial charge in [0.05, 0.1) is 4.90 Å². The summed E-state index contributed by atoms with van der Waals surface area (Å²) in [5, 5.41) is 8.96. The molecule has 4 rings (SSSR count). The summed E-state index contributed by atoms with van der Waals surface area (Å²) in [6.45, 7) is -0.428. The third kappa shape index (κ3) is 8.83. The zero-order valence-electron chi connectivity index (χ0n) is 23.9. The van der Waals surface area contributed by atoms with Gasteiger partial charge >= 0.3 is 18.6 Å². The number of nitrogens with zero attached hydrogens (tertiary/aromatic N) is 4. The molecule has 11 nitrogen and oxygen atoms in total. The van der Waals surface area contributed by atoms with Gasteiger partial charge in [0.15, 0.2) is 0 Å². The molecular formula is C26H24F8N6O5S2. The van der Waals surface area contributed by atoms with Crippen LogP contribution in [-0.4, -0.2) is 71.8 Å². The minimum atomic E-state index is -5.04. The molecule has 0 bridgehead atoms. The van der Waals surface area contributed by atoms with Crippen molar-refractivity contribution >= 4 is 38.4 Å². The smallest absolute Gasteiger partial charge is 0.406 e. The minimum Gasteiger partial charge on any atom is -0.406 e. The van der Waals surface area contributed by atoms with Gasteiger partial charge in [0.25, 0.3) is 5.92 Å². The fourth-order valence-electron chi connectivity index (χ4n) is 4.34.